The molecule has 1 rings (SSSR count). The Morgan fingerprint density at radius 1 is 1.55 bits per heavy atom. The Kier molecular flexibility index (Phi) is 2.48. The highest BCUT2D eigenvalue weighted by molar-refractivity contribution is 5.02. The number of rotatable bonds is 1. The van der Waals surface area contributed by atoms with Crippen LogP contribution >= 0.6 is 0 Å². The molecule has 0 aromatic heterocycles. The molecule has 1 fully saturated rings. The van der Waals surface area contributed by atoms with E-state index in [4.69, 9.17) is 10.00 Å². The fourth-order valence-electron chi connectivity index (χ4n) is 1.42. The first-order chi connectivity index (χ1) is 5.20. The van der Waals surface area contributed by atoms with E-state index in [2.05, 4.69) is 0 Å². The lowest BCUT2D eigenvalue weighted by Gasteiger charge is -2.29. The van der Waals surface area contributed by atoms with Crippen LogP contribution in [0, 0.1) is 11.3 Å². The molecule has 0 heterocycles. The maximum absolute atomic E-state index is 9.48. The van der Waals surface area contributed by atoms with Gasteiger partial charge in [-0.25, -0.2) is 0 Å². The van der Waals surface area contributed by atoms with E-state index in [9.17, 15) is 5.11 Å². The topological polar surface area (TPSA) is 53.2 Å². The van der Waals surface area contributed by atoms with Gasteiger partial charge in [0.15, 0.2) is 5.60 Å². The summed E-state index contributed by atoms with van der Waals surface area (Å²) in [5, 5.41) is 18.0. The molecule has 0 saturated heterocycles. The molecule has 1 aliphatic rings. The van der Waals surface area contributed by atoms with Crippen molar-refractivity contribution >= 4 is 0 Å². The van der Waals surface area contributed by atoms with E-state index in [0.717, 1.165) is 12.8 Å². The van der Waals surface area contributed by atoms with Crippen molar-refractivity contribution in [1.82, 2.24) is 0 Å². The maximum atomic E-state index is 9.48. The molecule has 62 valence electrons. The summed E-state index contributed by atoms with van der Waals surface area (Å²) in [5.74, 6) is 0. The van der Waals surface area contributed by atoms with Gasteiger partial charge >= 0.3 is 0 Å². The predicted octanol–water partition coefficient (Wildman–Crippen LogP) is 0.830. The van der Waals surface area contributed by atoms with E-state index in [1.54, 1.807) is 7.11 Å². The summed E-state index contributed by atoms with van der Waals surface area (Å²) in [4.78, 5) is 0. The highest BCUT2D eigenvalue weighted by Crippen LogP contribution is 2.28. The third-order valence-corrected chi connectivity index (χ3v) is 2.30. The third kappa shape index (κ3) is 1.92. The lowest BCUT2D eigenvalue weighted by atomic mass is 9.84. The molecule has 0 aliphatic heterocycles. The largest absolute Gasteiger partial charge is 0.381 e. The predicted molar refractivity (Wildman–Crippen MR) is 39.8 cm³/mol. The van der Waals surface area contributed by atoms with Crippen LogP contribution in [0.25, 0.3) is 0 Å². The SMILES string of the molecule is COC1CCC(O)(C#N)CC1. The molecule has 3 heteroatoms. The van der Waals surface area contributed by atoms with Crippen LogP contribution in [0.5, 0.6) is 0 Å². The number of nitrogens with zero attached hydrogens (tertiary/aromatic N) is 1. The monoisotopic (exact) mass is 155 g/mol. The fraction of sp³-hybridized carbons (Fsp3) is 0.875. The zero-order chi connectivity index (χ0) is 8.32. The van der Waals surface area contributed by atoms with E-state index in [1.165, 1.54) is 0 Å². The third-order valence-electron chi connectivity index (χ3n) is 2.30. The molecule has 0 aromatic rings. The van der Waals surface area contributed by atoms with Gasteiger partial charge in [0.05, 0.1) is 12.2 Å². The first-order valence-electron chi connectivity index (χ1n) is 3.86. The Hall–Kier alpha value is -0.590. The summed E-state index contributed by atoms with van der Waals surface area (Å²) in [7, 11) is 1.67. The van der Waals surface area contributed by atoms with Crippen molar-refractivity contribution in [1.29, 1.82) is 5.26 Å². The molecular formula is C8H13NO2. The summed E-state index contributed by atoms with van der Waals surface area (Å²) < 4.78 is 5.11. The van der Waals surface area contributed by atoms with Crippen molar-refractivity contribution in [3.8, 4) is 6.07 Å². The molecular weight excluding hydrogens is 142 g/mol. The first kappa shape index (κ1) is 8.51. The van der Waals surface area contributed by atoms with E-state index in [-0.39, 0.29) is 6.10 Å². The van der Waals surface area contributed by atoms with Gasteiger partial charge in [-0.1, -0.05) is 0 Å². The number of nitriles is 1. The van der Waals surface area contributed by atoms with Crippen LogP contribution in [0.15, 0.2) is 0 Å². The van der Waals surface area contributed by atoms with Gasteiger partial charge in [-0.3, -0.25) is 0 Å². The van der Waals surface area contributed by atoms with Gasteiger partial charge in [-0.2, -0.15) is 5.26 Å². The highest BCUT2D eigenvalue weighted by Gasteiger charge is 2.32. The highest BCUT2D eigenvalue weighted by atomic mass is 16.5. The van der Waals surface area contributed by atoms with Crippen LogP contribution in [0.4, 0.5) is 0 Å². The molecule has 0 spiro atoms. The van der Waals surface area contributed by atoms with Gasteiger partial charge in [0.2, 0.25) is 0 Å². The summed E-state index contributed by atoms with van der Waals surface area (Å²) in [5.41, 5.74) is -1.07. The molecule has 0 unspecified atom stereocenters. The quantitative estimate of drug-likeness (QED) is 0.570. The molecule has 1 aliphatic carbocycles. The molecule has 1 saturated carbocycles. The summed E-state index contributed by atoms with van der Waals surface area (Å²) >= 11 is 0. The number of aliphatic hydroxyl groups is 1. The second-order valence-corrected chi connectivity index (χ2v) is 3.08. The van der Waals surface area contributed by atoms with E-state index >= 15 is 0 Å². The number of hydrogen-bond donors (Lipinski definition) is 1. The number of methoxy groups -OCH3 is 1. The first-order valence-corrected chi connectivity index (χ1v) is 3.86. The molecule has 0 amide bonds. The zero-order valence-corrected chi connectivity index (χ0v) is 6.71. The lowest BCUT2D eigenvalue weighted by Crippen LogP contribution is -2.34. The molecule has 1 N–H and O–H groups in total. The van der Waals surface area contributed by atoms with Gasteiger partial charge in [-0.05, 0) is 25.7 Å². The Morgan fingerprint density at radius 3 is 2.45 bits per heavy atom. The Labute approximate surface area is 66.6 Å². The van der Waals surface area contributed by atoms with Gasteiger partial charge in [-0.15, -0.1) is 0 Å². The van der Waals surface area contributed by atoms with Crippen molar-refractivity contribution in [3.05, 3.63) is 0 Å². The average Bonchev–Trinajstić information content (AvgIpc) is 2.06. The normalized spacial score (nSPS) is 38.1. The van der Waals surface area contributed by atoms with Crippen molar-refractivity contribution < 1.29 is 9.84 Å². The molecule has 0 bridgehead atoms. The summed E-state index contributed by atoms with van der Waals surface area (Å²) in [6, 6.07) is 1.92. The lowest BCUT2D eigenvalue weighted by molar-refractivity contribution is -0.00936. The van der Waals surface area contributed by atoms with Crippen LogP contribution in [0.1, 0.15) is 25.7 Å². The Morgan fingerprint density at radius 2 is 2.09 bits per heavy atom. The van der Waals surface area contributed by atoms with Crippen molar-refractivity contribution in [3.63, 3.8) is 0 Å². The number of ether oxygens (including phenoxy) is 1. The number of hydrogen-bond acceptors (Lipinski definition) is 3. The fourth-order valence-corrected chi connectivity index (χ4v) is 1.42. The zero-order valence-electron chi connectivity index (χ0n) is 6.71. The summed E-state index contributed by atoms with van der Waals surface area (Å²) in [6.45, 7) is 0. The molecule has 3 nitrogen and oxygen atoms in total. The van der Waals surface area contributed by atoms with Gasteiger partial charge < -0.3 is 9.84 Å². The molecule has 11 heavy (non-hydrogen) atoms. The molecule has 0 atom stereocenters. The van der Waals surface area contributed by atoms with Gasteiger partial charge in [0, 0.05) is 7.11 Å². The minimum atomic E-state index is -1.07. The second kappa shape index (κ2) is 3.21. The van der Waals surface area contributed by atoms with Gasteiger partial charge in [0.25, 0.3) is 0 Å². The summed E-state index contributed by atoms with van der Waals surface area (Å²) in [6.07, 6.45) is 2.91. The smallest absolute Gasteiger partial charge is 0.151 e. The van der Waals surface area contributed by atoms with Crippen LogP contribution in [-0.2, 0) is 4.74 Å². The maximum Gasteiger partial charge on any atom is 0.151 e. The Bertz CT molecular complexity index is 165. The van der Waals surface area contributed by atoms with E-state index in [1.807, 2.05) is 6.07 Å². The van der Waals surface area contributed by atoms with Crippen molar-refractivity contribution in [2.24, 2.45) is 0 Å². The van der Waals surface area contributed by atoms with Crippen LogP contribution in [0.3, 0.4) is 0 Å². The van der Waals surface area contributed by atoms with E-state index < -0.39 is 5.60 Å². The van der Waals surface area contributed by atoms with Gasteiger partial charge in [0.1, 0.15) is 0 Å². The van der Waals surface area contributed by atoms with Crippen molar-refractivity contribution in [2.45, 2.75) is 37.4 Å². The average molecular weight is 155 g/mol. The molecule has 0 aromatic carbocycles. The van der Waals surface area contributed by atoms with E-state index in [0.29, 0.717) is 12.8 Å². The van der Waals surface area contributed by atoms with Crippen molar-refractivity contribution in [2.75, 3.05) is 7.11 Å². The van der Waals surface area contributed by atoms with Crippen LogP contribution < -0.4 is 0 Å². The minimum absolute atomic E-state index is 0.239. The minimum Gasteiger partial charge on any atom is -0.381 e. The second-order valence-electron chi connectivity index (χ2n) is 3.08. The standard InChI is InChI=1S/C8H13NO2/c1-11-7-2-4-8(10,6-9)5-3-7/h7,10H,2-5H2,1H3. The van der Waals surface area contributed by atoms with Crippen LogP contribution in [0.2, 0.25) is 0 Å². The Balaban J connectivity index is 2.43. The van der Waals surface area contributed by atoms with Crippen LogP contribution in [-0.4, -0.2) is 23.9 Å². The molecule has 0 radical (unpaired) electrons.